The van der Waals surface area contributed by atoms with Gasteiger partial charge in [0.2, 0.25) is 0 Å². The first-order chi connectivity index (χ1) is 6.29. The van der Waals surface area contributed by atoms with E-state index in [4.69, 9.17) is 19.9 Å². The van der Waals surface area contributed by atoms with Crippen molar-refractivity contribution >= 4 is 0 Å². The summed E-state index contributed by atoms with van der Waals surface area (Å²) in [5.41, 5.74) is 5.81. The molecule has 5 heteroatoms. The van der Waals surface area contributed by atoms with Crippen molar-refractivity contribution in [3.63, 3.8) is 0 Å². The zero-order valence-electron chi connectivity index (χ0n) is 7.68. The van der Waals surface area contributed by atoms with Crippen LogP contribution in [0.15, 0.2) is 0 Å². The van der Waals surface area contributed by atoms with Gasteiger partial charge in [-0.2, -0.15) is 0 Å². The van der Waals surface area contributed by atoms with Crippen LogP contribution in [0, 0.1) is 6.61 Å². The molecule has 5 nitrogen and oxygen atoms in total. The van der Waals surface area contributed by atoms with E-state index in [0.717, 1.165) is 0 Å². The van der Waals surface area contributed by atoms with E-state index < -0.39 is 0 Å². The topological polar surface area (TPSA) is 57.0 Å². The van der Waals surface area contributed by atoms with Gasteiger partial charge in [-0.25, -0.2) is 0 Å². The Labute approximate surface area is 77.7 Å². The third kappa shape index (κ3) is 1.84. The van der Waals surface area contributed by atoms with Crippen LogP contribution in [0.25, 0.3) is 0 Å². The van der Waals surface area contributed by atoms with Gasteiger partial charge in [-0.05, 0) is 7.05 Å². The Bertz CT molecular complexity index is 171. The van der Waals surface area contributed by atoms with Crippen LogP contribution in [-0.4, -0.2) is 50.3 Å². The van der Waals surface area contributed by atoms with E-state index in [-0.39, 0.29) is 18.5 Å². The maximum atomic E-state index is 5.81. The lowest BCUT2D eigenvalue weighted by Gasteiger charge is -2.38. The Balaban J connectivity index is 1.95. The predicted molar refractivity (Wildman–Crippen MR) is 45.5 cm³/mol. The van der Waals surface area contributed by atoms with E-state index >= 15 is 0 Å². The molecule has 0 spiro atoms. The first kappa shape index (κ1) is 9.36. The highest BCUT2D eigenvalue weighted by Gasteiger charge is 2.35. The average molecular weight is 187 g/mol. The van der Waals surface area contributed by atoms with Crippen LogP contribution in [0.4, 0.5) is 0 Å². The molecule has 2 aliphatic rings. The molecular weight excluding hydrogens is 172 g/mol. The fraction of sp³-hybridized carbons (Fsp3) is 0.875. The van der Waals surface area contributed by atoms with Gasteiger partial charge in [0.05, 0.1) is 32.0 Å². The van der Waals surface area contributed by atoms with E-state index in [0.29, 0.717) is 19.8 Å². The molecule has 0 bridgehead atoms. The van der Waals surface area contributed by atoms with E-state index in [1.165, 1.54) is 0 Å². The lowest BCUT2D eigenvalue weighted by molar-refractivity contribution is -0.129. The molecule has 1 radical (unpaired) electrons. The fourth-order valence-corrected chi connectivity index (χ4v) is 1.52. The largest absolute Gasteiger partial charge is 0.371 e. The fourth-order valence-electron chi connectivity index (χ4n) is 1.52. The van der Waals surface area contributed by atoms with Crippen molar-refractivity contribution < 1.29 is 14.2 Å². The van der Waals surface area contributed by atoms with Crippen LogP contribution >= 0.6 is 0 Å². The van der Waals surface area contributed by atoms with Crippen molar-refractivity contribution in [2.45, 2.75) is 18.5 Å². The molecule has 13 heavy (non-hydrogen) atoms. The lowest BCUT2D eigenvalue weighted by atomic mass is 10.2. The molecule has 0 aromatic heterocycles. The van der Waals surface area contributed by atoms with Gasteiger partial charge < -0.3 is 19.9 Å². The lowest BCUT2D eigenvalue weighted by Crippen LogP contribution is -2.56. The summed E-state index contributed by atoms with van der Waals surface area (Å²) in [5.74, 6) is 0. The highest BCUT2D eigenvalue weighted by atomic mass is 16.7. The first-order valence-electron chi connectivity index (χ1n) is 4.44. The van der Waals surface area contributed by atoms with Gasteiger partial charge in [-0.15, -0.1) is 0 Å². The second kappa shape index (κ2) is 3.89. The second-order valence-corrected chi connectivity index (χ2v) is 3.30. The highest BCUT2D eigenvalue weighted by molar-refractivity contribution is 4.88. The van der Waals surface area contributed by atoms with E-state index in [1.54, 1.807) is 6.61 Å². The van der Waals surface area contributed by atoms with Crippen LogP contribution < -0.4 is 5.73 Å². The Morgan fingerprint density at radius 3 is 2.77 bits per heavy atom. The number of ether oxygens (including phenoxy) is 3. The number of likely N-dealkylation sites (N-methyl/N-ethyl adjacent to an activating group) is 1. The van der Waals surface area contributed by atoms with Crippen molar-refractivity contribution in [1.82, 2.24) is 4.90 Å². The average Bonchev–Trinajstić information content (AvgIpc) is 2.62. The third-order valence-electron chi connectivity index (χ3n) is 2.42. The molecule has 0 aromatic rings. The quantitative estimate of drug-likeness (QED) is 0.578. The summed E-state index contributed by atoms with van der Waals surface area (Å²) in [6.45, 7) is 3.56. The Kier molecular flexibility index (Phi) is 2.80. The molecule has 2 saturated heterocycles. The molecule has 2 atom stereocenters. The summed E-state index contributed by atoms with van der Waals surface area (Å²) in [6.07, 6.45) is -0.306. The van der Waals surface area contributed by atoms with Crippen molar-refractivity contribution in [1.29, 1.82) is 0 Å². The summed E-state index contributed by atoms with van der Waals surface area (Å²) in [7, 11) is 1.94. The van der Waals surface area contributed by atoms with Crippen molar-refractivity contribution in [2.75, 3.05) is 26.9 Å². The van der Waals surface area contributed by atoms with Crippen LogP contribution in [0.5, 0.6) is 0 Å². The maximum absolute atomic E-state index is 5.81. The summed E-state index contributed by atoms with van der Waals surface area (Å²) in [6, 6.07) is 0.00579. The van der Waals surface area contributed by atoms with E-state index in [1.807, 2.05) is 11.9 Å². The molecule has 0 aliphatic carbocycles. The number of nitrogens with zero attached hydrogens (tertiary/aromatic N) is 1. The van der Waals surface area contributed by atoms with Crippen molar-refractivity contribution in [3.8, 4) is 0 Å². The Hall–Kier alpha value is -0.200. The van der Waals surface area contributed by atoms with Gasteiger partial charge in [0, 0.05) is 0 Å². The number of hydrogen-bond acceptors (Lipinski definition) is 5. The Morgan fingerprint density at radius 2 is 2.08 bits per heavy atom. The molecule has 2 fully saturated rings. The summed E-state index contributed by atoms with van der Waals surface area (Å²) < 4.78 is 16.0. The molecule has 0 aromatic carbocycles. The smallest absolute Gasteiger partial charge is 0.175 e. The van der Waals surface area contributed by atoms with Gasteiger partial charge in [0.15, 0.2) is 6.29 Å². The molecule has 2 aliphatic heterocycles. The first-order valence-corrected chi connectivity index (χ1v) is 4.44. The second-order valence-electron chi connectivity index (χ2n) is 3.30. The van der Waals surface area contributed by atoms with Crippen LogP contribution in [0.3, 0.4) is 0 Å². The van der Waals surface area contributed by atoms with Crippen molar-refractivity contribution in [3.05, 3.63) is 6.61 Å². The normalized spacial score (nSPS) is 38.3. The minimum absolute atomic E-state index is 0.00579. The van der Waals surface area contributed by atoms with Gasteiger partial charge in [-0.1, -0.05) is 0 Å². The Morgan fingerprint density at radius 1 is 1.38 bits per heavy atom. The molecule has 0 amide bonds. The number of hydrogen-bond donors (Lipinski definition) is 1. The van der Waals surface area contributed by atoms with Crippen molar-refractivity contribution in [2.24, 2.45) is 5.73 Å². The van der Waals surface area contributed by atoms with Crippen LogP contribution in [0.2, 0.25) is 0 Å². The van der Waals surface area contributed by atoms with Gasteiger partial charge in [0.25, 0.3) is 0 Å². The maximum Gasteiger partial charge on any atom is 0.175 e. The summed E-state index contributed by atoms with van der Waals surface area (Å²) in [4.78, 5) is 2.00. The number of morpholine rings is 1. The summed E-state index contributed by atoms with van der Waals surface area (Å²) in [5, 5.41) is 0. The number of rotatable bonds is 1. The van der Waals surface area contributed by atoms with Gasteiger partial charge >= 0.3 is 0 Å². The highest BCUT2D eigenvalue weighted by Crippen LogP contribution is 2.20. The molecule has 2 unspecified atom stereocenters. The van der Waals surface area contributed by atoms with Crippen LogP contribution in [-0.2, 0) is 14.2 Å². The zero-order valence-corrected chi connectivity index (χ0v) is 7.68. The molecule has 0 saturated carbocycles. The third-order valence-corrected chi connectivity index (χ3v) is 2.42. The zero-order chi connectivity index (χ0) is 9.26. The minimum atomic E-state index is -0.226. The monoisotopic (exact) mass is 187 g/mol. The molecule has 2 N–H and O–H groups in total. The van der Waals surface area contributed by atoms with Gasteiger partial charge in [0.1, 0.15) is 6.61 Å². The SMILES string of the molecule is CN1C(N)CO[CH]C1C1OCCO1. The predicted octanol–water partition coefficient (Wildman–Crippen LogP) is -0.864. The van der Waals surface area contributed by atoms with Gasteiger partial charge in [-0.3, -0.25) is 4.90 Å². The van der Waals surface area contributed by atoms with E-state index in [9.17, 15) is 0 Å². The molecule has 2 heterocycles. The summed E-state index contributed by atoms with van der Waals surface area (Å²) >= 11 is 0. The van der Waals surface area contributed by atoms with Crippen LogP contribution in [0.1, 0.15) is 0 Å². The number of nitrogens with two attached hydrogens (primary N) is 1. The molecule has 2 rings (SSSR count). The molecular formula is C8H15N2O3. The standard InChI is InChI=1S/C8H15N2O3/c1-10-6(4-11-5-7(10)9)8-12-2-3-13-8/h4,6-8H,2-3,5,9H2,1H3. The minimum Gasteiger partial charge on any atom is -0.371 e. The molecule has 75 valence electrons. The van der Waals surface area contributed by atoms with E-state index in [2.05, 4.69) is 0 Å².